The molecular weight excluding hydrogens is 343 g/mol. The van der Waals surface area contributed by atoms with Gasteiger partial charge in [0.15, 0.2) is 5.65 Å². The van der Waals surface area contributed by atoms with E-state index in [0.29, 0.717) is 31.5 Å². The van der Waals surface area contributed by atoms with Crippen LogP contribution in [0.3, 0.4) is 0 Å². The number of pyridine rings is 2. The molecule has 2 heterocycles. The Kier molecular flexibility index (Phi) is 6.30. The molecular formula is C21H23FN4O. The van der Waals surface area contributed by atoms with Crippen molar-refractivity contribution in [3.8, 4) is 0 Å². The second-order valence-corrected chi connectivity index (χ2v) is 6.36. The molecule has 0 aliphatic heterocycles. The Morgan fingerprint density at radius 1 is 1.19 bits per heavy atom. The number of anilines is 1. The van der Waals surface area contributed by atoms with Crippen LogP contribution < -0.4 is 10.6 Å². The molecule has 1 amide bonds. The molecule has 0 saturated heterocycles. The van der Waals surface area contributed by atoms with E-state index in [4.69, 9.17) is 0 Å². The van der Waals surface area contributed by atoms with Crippen LogP contribution in [0.1, 0.15) is 37.8 Å². The van der Waals surface area contributed by atoms with E-state index in [9.17, 15) is 9.18 Å². The van der Waals surface area contributed by atoms with Gasteiger partial charge in [0.2, 0.25) is 5.91 Å². The minimum absolute atomic E-state index is 0.0407. The van der Waals surface area contributed by atoms with Gasteiger partial charge in [0.1, 0.15) is 11.6 Å². The zero-order valence-electron chi connectivity index (χ0n) is 15.3. The first kappa shape index (κ1) is 18.8. The van der Waals surface area contributed by atoms with Gasteiger partial charge in [0, 0.05) is 24.5 Å². The first-order valence-corrected chi connectivity index (χ1v) is 9.16. The predicted octanol–water partition coefficient (Wildman–Crippen LogP) is 4.23. The number of nitrogens with zero attached hydrogens (tertiary/aromatic N) is 2. The van der Waals surface area contributed by atoms with Crippen molar-refractivity contribution in [3.63, 3.8) is 0 Å². The summed E-state index contributed by atoms with van der Waals surface area (Å²) in [4.78, 5) is 20.9. The van der Waals surface area contributed by atoms with Gasteiger partial charge in [0.25, 0.3) is 0 Å². The molecule has 0 aliphatic carbocycles. The van der Waals surface area contributed by atoms with Crippen molar-refractivity contribution >= 4 is 22.8 Å². The summed E-state index contributed by atoms with van der Waals surface area (Å²) in [7, 11) is 0. The SMILES string of the molecule is CCC(NC(=O)CCCNc1ccc2cccnc2n1)c1cccc(F)c1. The molecule has 3 aromatic rings. The van der Waals surface area contributed by atoms with Crippen molar-refractivity contribution in [2.75, 3.05) is 11.9 Å². The average molecular weight is 366 g/mol. The van der Waals surface area contributed by atoms with Gasteiger partial charge in [-0.05, 0) is 54.8 Å². The lowest BCUT2D eigenvalue weighted by molar-refractivity contribution is -0.121. The molecule has 3 rings (SSSR count). The normalized spacial score (nSPS) is 11.9. The van der Waals surface area contributed by atoms with E-state index in [1.807, 2.05) is 37.3 Å². The minimum atomic E-state index is -0.290. The van der Waals surface area contributed by atoms with Crippen LogP contribution in [-0.2, 0) is 4.79 Å². The third-order valence-electron chi connectivity index (χ3n) is 4.35. The van der Waals surface area contributed by atoms with Crippen molar-refractivity contribution in [3.05, 3.63) is 66.1 Å². The van der Waals surface area contributed by atoms with Crippen LogP contribution in [0.2, 0.25) is 0 Å². The molecule has 140 valence electrons. The van der Waals surface area contributed by atoms with E-state index in [0.717, 1.165) is 16.8 Å². The number of fused-ring (bicyclic) bond motifs is 1. The Morgan fingerprint density at radius 3 is 2.89 bits per heavy atom. The number of benzene rings is 1. The first-order valence-electron chi connectivity index (χ1n) is 9.16. The van der Waals surface area contributed by atoms with Gasteiger partial charge < -0.3 is 10.6 Å². The van der Waals surface area contributed by atoms with Gasteiger partial charge >= 0.3 is 0 Å². The molecule has 27 heavy (non-hydrogen) atoms. The zero-order valence-corrected chi connectivity index (χ0v) is 15.3. The number of amides is 1. The summed E-state index contributed by atoms with van der Waals surface area (Å²) in [5.74, 6) is 0.413. The van der Waals surface area contributed by atoms with Crippen molar-refractivity contribution in [2.45, 2.75) is 32.2 Å². The molecule has 2 aromatic heterocycles. The number of carbonyl (C=O) groups excluding carboxylic acids is 1. The smallest absolute Gasteiger partial charge is 0.220 e. The van der Waals surface area contributed by atoms with Crippen LogP contribution >= 0.6 is 0 Å². The maximum Gasteiger partial charge on any atom is 0.220 e. The van der Waals surface area contributed by atoms with Crippen molar-refractivity contribution in [1.82, 2.24) is 15.3 Å². The van der Waals surface area contributed by atoms with Gasteiger partial charge in [0.05, 0.1) is 6.04 Å². The quantitative estimate of drug-likeness (QED) is 0.586. The van der Waals surface area contributed by atoms with Crippen molar-refractivity contribution < 1.29 is 9.18 Å². The number of carbonyl (C=O) groups is 1. The number of halogens is 1. The van der Waals surface area contributed by atoms with Crippen molar-refractivity contribution in [1.29, 1.82) is 0 Å². The highest BCUT2D eigenvalue weighted by Crippen LogP contribution is 2.18. The van der Waals surface area contributed by atoms with Gasteiger partial charge in [-0.2, -0.15) is 0 Å². The van der Waals surface area contributed by atoms with Crippen LogP contribution in [0, 0.1) is 5.82 Å². The monoisotopic (exact) mass is 366 g/mol. The average Bonchev–Trinajstić information content (AvgIpc) is 2.69. The third-order valence-corrected chi connectivity index (χ3v) is 4.35. The largest absolute Gasteiger partial charge is 0.370 e. The van der Waals surface area contributed by atoms with E-state index in [1.54, 1.807) is 12.3 Å². The van der Waals surface area contributed by atoms with E-state index in [2.05, 4.69) is 20.6 Å². The third kappa shape index (κ3) is 5.23. The summed E-state index contributed by atoms with van der Waals surface area (Å²) in [6.45, 7) is 2.60. The Hall–Kier alpha value is -3.02. The molecule has 0 spiro atoms. The summed E-state index contributed by atoms with van der Waals surface area (Å²) in [6, 6.07) is 13.9. The molecule has 6 heteroatoms. The fourth-order valence-electron chi connectivity index (χ4n) is 2.93. The van der Waals surface area contributed by atoms with Crippen LogP contribution in [0.5, 0.6) is 0 Å². The van der Waals surface area contributed by atoms with E-state index in [1.165, 1.54) is 12.1 Å². The maximum absolute atomic E-state index is 13.4. The molecule has 0 saturated carbocycles. The predicted molar refractivity (Wildman–Crippen MR) is 105 cm³/mol. The van der Waals surface area contributed by atoms with Gasteiger partial charge in [-0.15, -0.1) is 0 Å². The molecule has 1 aromatic carbocycles. The van der Waals surface area contributed by atoms with E-state index >= 15 is 0 Å². The molecule has 0 bridgehead atoms. The minimum Gasteiger partial charge on any atom is -0.370 e. The lowest BCUT2D eigenvalue weighted by Crippen LogP contribution is -2.28. The highest BCUT2D eigenvalue weighted by Gasteiger charge is 2.13. The van der Waals surface area contributed by atoms with Gasteiger partial charge in [-0.25, -0.2) is 14.4 Å². The van der Waals surface area contributed by atoms with Crippen LogP contribution in [0.25, 0.3) is 11.0 Å². The number of rotatable bonds is 8. The summed E-state index contributed by atoms with van der Waals surface area (Å²) >= 11 is 0. The molecule has 5 nitrogen and oxygen atoms in total. The Balaban J connectivity index is 1.45. The Labute approximate surface area is 158 Å². The standard InChI is InChI=1S/C21H23FN4O/c1-2-18(16-6-3-8-17(22)14-16)25-20(27)9-5-12-23-19-11-10-15-7-4-13-24-21(15)26-19/h3-4,6-8,10-11,13-14,18H,2,5,9,12H2,1H3,(H,25,27)(H,23,24,26). The zero-order chi connectivity index (χ0) is 19.1. The lowest BCUT2D eigenvalue weighted by Gasteiger charge is -2.17. The molecule has 0 radical (unpaired) electrons. The lowest BCUT2D eigenvalue weighted by atomic mass is 10.0. The molecule has 1 unspecified atom stereocenters. The van der Waals surface area contributed by atoms with E-state index < -0.39 is 0 Å². The number of aromatic nitrogens is 2. The summed E-state index contributed by atoms with van der Waals surface area (Å²) < 4.78 is 13.4. The number of nitrogens with one attached hydrogen (secondary N) is 2. The second kappa shape index (κ2) is 9.07. The number of hydrogen-bond donors (Lipinski definition) is 2. The molecule has 1 atom stereocenters. The molecule has 2 N–H and O–H groups in total. The summed E-state index contributed by atoms with van der Waals surface area (Å²) in [6.07, 6.45) is 3.49. The van der Waals surface area contributed by atoms with Crippen LogP contribution in [0.15, 0.2) is 54.7 Å². The topological polar surface area (TPSA) is 66.9 Å². The highest BCUT2D eigenvalue weighted by atomic mass is 19.1. The molecule has 0 aliphatic rings. The van der Waals surface area contributed by atoms with Gasteiger partial charge in [-0.3, -0.25) is 4.79 Å². The highest BCUT2D eigenvalue weighted by molar-refractivity contribution is 5.77. The Morgan fingerprint density at radius 2 is 2.07 bits per heavy atom. The fraction of sp³-hybridized carbons (Fsp3) is 0.286. The van der Waals surface area contributed by atoms with Crippen LogP contribution in [0.4, 0.5) is 10.2 Å². The molecule has 0 fully saturated rings. The first-order chi connectivity index (χ1) is 13.2. The summed E-state index contributed by atoms with van der Waals surface area (Å²) in [5.41, 5.74) is 1.48. The van der Waals surface area contributed by atoms with Crippen LogP contribution in [-0.4, -0.2) is 22.4 Å². The number of hydrogen-bond acceptors (Lipinski definition) is 4. The Bertz CT molecular complexity index is 915. The van der Waals surface area contributed by atoms with Crippen molar-refractivity contribution in [2.24, 2.45) is 0 Å². The van der Waals surface area contributed by atoms with E-state index in [-0.39, 0.29) is 17.8 Å². The fourth-order valence-corrected chi connectivity index (χ4v) is 2.93. The second-order valence-electron chi connectivity index (χ2n) is 6.36. The summed E-state index contributed by atoms with van der Waals surface area (Å²) in [5, 5.41) is 7.18. The van der Waals surface area contributed by atoms with Gasteiger partial charge in [-0.1, -0.05) is 19.1 Å². The maximum atomic E-state index is 13.4.